The third-order valence-corrected chi connectivity index (χ3v) is 6.61. The number of aromatic nitrogens is 4. The second kappa shape index (κ2) is 11.4. The summed E-state index contributed by atoms with van der Waals surface area (Å²) in [7, 11) is 1.63. The first kappa shape index (κ1) is 23.4. The van der Waals surface area contributed by atoms with Gasteiger partial charge in [-0.25, -0.2) is 9.97 Å². The maximum Gasteiger partial charge on any atom is 0.244 e. The van der Waals surface area contributed by atoms with Gasteiger partial charge in [-0.15, -0.1) is 0 Å². The lowest BCUT2D eigenvalue weighted by Gasteiger charge is -2.30. The van der Waals surface area contributed by atoms with Gasteiger partial charge in [0.15, 0.2) is 11.3 Å². The number of fused-ring (bicyclic) bond motifs is 1. The molecule has 10 nitrogen and oxygen atoms in total. The number of hydrogen-bond donors (Lipinski definition) is 1. The van der Waals surface area contributed by atoms with Crippen molar-refractivity contribution in [3.8, 4) is 5.88 Å². The van der Waals surface area contributed by atoms with E-state index in [2.05, 4.69) is 14.9 Å². The van der Waals surface area contributed by atoms with Crippen molar-refractivity contribution in [1.29, 1.82) is 0 Å². The molecular formula is C22H28N6O4S. The fourth-order valence-corrected chi connectivity index (χ4v) is 4.63. The van der Waals surface area contributed by atoms with E-state index in [1.807, 2.05) is 35.2 Å². The smallest absolute Gasteiger partial charge is 0.244 e. The lowest BCUT2D eigenvalue weighted by molar-refractivity contribution is 0.202. The number of rotatable bonds is 10. The largest absolute Gasteiger partial charge is 0.616 e. The van der Waals surface area contributed by atoms with Crippen molar-refractivity contribution >= 4 is 34.0 Å². The average molecular weight is 473 g/mol. The number of ether oxygens (including phenoxy) is 2. The summed E-state index contributed by atoms with van der Waals surface area (Å²) in [6.07, 6.45) is 1.45. The molecule has 0 aliphatic carbocycles. The Kier molecular flexibility index (Phi) is 8.10. The molecule has 0 bridgehead atoms. The fourth-order valence-electron chi connectivity index (χ4n) is 3.58. The zero-order chi connectivity index (χ0) is 23.0. The number of methoxy groups -OCH3 is 1. The summed E-state index contributed by atoms with van der Waals surface area (Å²) in [5.74, 6) is 2.61. The molecular weight excluding hydrogens is 444 g/mol. The number of anilines is 2. The minimum absolute atomic E-state index is 0.0498. The zero-order valence-corrected chi connectivity index (χ0v) is 19.4. The van der Waals surface area contributed by atoms with E-state index in [-0.39, 0.29) is 6.61 Å². The van der Waals surface area contributed by atoms with Gasteiger partial charge in [-0.05, 0) is 5.56 Å². The van der Waals surface area contributed by atoms with Crippen LogP contribution in [0.25, 0.3) is 11.0 Å². The lowest BCUT2D eigenvalue weighted by Crippen LogP contribution is -2.41. The van der Waals surface area contributed by atoms with Crippen LogP contribution >= 0.6 is 0 Å². The molecule has 1 saturated heterocycles. The lowest BCUT2D eigenvalue weighted by atomic mass is 10.2. The van der Waals surface area contributed by atoms with Crippen molar-refractivity contribution < 1.29 is 19.1 Å². The third kappa shape index (κ3) is 5.80. The van der Waals surface area contributed by atoms with Crippen molar-refractivity contribution in [2.75, 3.05) is 67.8 Å². The Balaban J connectivity index is 1.75. The van der Waals surface area contributed by atoms with Gasteiger partial charge in [-0.2, -0.15) is 9.97 Å². The molecule has 0 amide bonds. The van der Waals surface area contributed by atoms with Crippen LogP contribution in [0, 0.1) is 0 Å². The zero-order valence-electron chi connectivity index (χ0n) is 18.6. The highest BCUT2D eigenvalue weighted by Crippen LogP contribution is 2.30. The first-order valence-electron chi connectivity index (χ1n) is 10.8. The number of aliphatic hydroxyl groups is 1. The third-order valence-electron chi connectivity index (χ3n) is 5.33. The highest BCUT2D eigenvalue weighted by atomic mass is 32.2. The van der Waals surface area contributed by atoms with E-state index in [0.717, 1.165) is 5.56 Å². The van der Waals surface area contributed by atoms with E-state index in [1.54, 1.807) is 7.11 Å². The van der Waals surface area contributed by atoms with Crippen LogP contribution in [-0.4, -0.2) is 87.6 Å². The Labute approximate surface area is 195 Å². The number of benzene rings is 1. The SMILES string of the molecule is COCCN(CCO)c1nc(N2CC[S+]([O-])CC2)c2ncnc(OCc3ccccc3)c2n1. The Hall–Kier alpha value is -2.73. The van der Waals surface area contributed by atoms with Gasteiger partial charge in [0.05, 0.1) is 26.3 Å². The topological polar surface area (TPSA) is 120 Å². The molecule has 4 rings (SSSR count). The van der Waals surface area contributed by atoms with Gasteiger partial charge in [-0.3, -0.25) is 0 Å². The highest BCUT2D eigenvalue weighted by Gasteiger charge is 2.26. The van der Waals surface area contributed by atoms with E-state index >= 15 is 0 Å². The molecule has 3 heterocycles. The van der Waals surface area contributed by atoms with Gasteiger partial charge in [0.1, 0.15) is 30.0 Å². The van der Waals surface area contributed by atoms with Crippen LogP contribution in [0.2, 0.25) is 0 Å². The normalized spacial score (nSPS) is 14.6. The van der Waals surface area contributed by atoms with Gasteiger partial charge in [0.2, 0.25) is 11.8 Å². The molecule has 0 radical (unpaired) electrons. The van der Waals surface area contributed by atoms with Crippen LogP contribution in [0.4, 0.5) is 11.8 Å². The molecule has 0 spiro atoms. The van der Waals surface area contributed by atoms with Crippen LogP contribution in [0.3, 0.4) is 0 Å². The molecule has 1 aliphatic rings. The molecule has 176 valence electrons. The minimum Gasteiger partial charge on any atom is -0.616 e. The summed E-state index contributed by atoms with van der Waals surface area (Å²) < 4.78 is 23.2. The van der Waals surface area contributed by atoms with Crippen LogP contribution in [0.5, 0.6) is 5.88 Å². The van der Waals surface area contributed by atoms with Gasteiger partial charge >= 0.3 is 0 Å². The molecule has 0 unspecified atom stereocenters. The van der Waals surface area contributed by atoms with E-state index < -0.39 is 11.2 Å². The average Bonchev–Trinajstić information content (AvgIpc) is 2.86. The second-order valence-corrected chi connectivity index (χ2v) is 9.23. The van der Waals surface area contributed by atoms with Crippen molar-refractivity contribution in [2.45, 2.75) is 6.61 Å². The Morgan fingerprint density at radius 2 is 1.88 bits per heavy atom. The summed E-state index contributed by atoms with van der Waals surface area (Å²) in [5.41, 5.74) is 2.10. The van der Waals surface area contributed by atoms with Crippen LogP contribution < -0.4 is 14.5 Å². The van der Waals surface area contributed by atoms with E-state index in [4.69, 9.17) is 19.4 Å². The Bertz CT molecular complexity index is 1040. The maximum absolute atomic E-state index is 11.9. The Morgan fingerprint density at radius 3 is 2.61 bits per heavy atom. The van der Waals surface area contributed by atoms with Gasteiger partial charge in [0.25, 0.3) is 0 Å². The van der Waals surface area contributed by atoms with Gasteiger partial charge in [0, 0.05) is 20.2 Å². The standard InChI is InChI=1S/C22H28N6O4S/c1-31-12-8-28(7-11-29)22-25-19-18(20(26-22)27-9-13-33(30)14-10-27)23-16-24-21(19)32-15-17-5-3-2-4-6-17/h2-6,16,29H,7-15H2,1H3. The summed E-state index contributed by atoms with van der Waals surface area (Å²) in [5, 5.41) is 9.59. The summed E-state index contributed by atoms with van der Waals surface area (Å²) >= 11 is -0.821. The quantitative estimate of drug-likeness (QED) is 0.428. The molecule has 2 aromatic heterocycles. The first-order valence-corrected chi connectivity index (χ1v) is 12.3. The van der Waals surface area contributed by atoms with Crippen molar-refractivity contribution in [3.63, 3.8) is 0 Å². The van der Waals surface area contributed by atoms with Gasteiger partial charge < -0.3 is 28.9 Å². The minimum atomic E-state index is -0.821. The monoisotopic (exact) mass is 472 g/mol. The van der Waals surface area contributed by atoms with Crippen molar-refractivity contribution in [3.05, 3.63) is 42.2 Å². The molecule has 1 fully saturated rings. The van der Waals surface area contributed by atoms with Crippen LogP contribution in [0.15, 0.2) is 36.7 Å². The van der Waals surface area contributed by atoms with E-state index in [9.17, 15) is 9.66 Å². The molecule has 1 N–H and O–H groups in total. The van der Waals surface area contributed by atoms with Crippen LogP contribution in [-0.2, 0) is 22.5 Å². The van der Waals surface area contributed by atoms with Crippen molar-refractivity contribution in [2.24, 2.45) is 0 Å². The second-order valence-electron chi connectivity index (χ2n) is 7.54. The summed E-state index contributed by atoms with van der Waals surface area (Å²) in [4.78, 5) is 22.3. The molecule has 0 atom stereocenters. The van der Waals surface area contributed by atoms with Crippen LogP contribution in [0.1, 0.15) is 5.56 Å². The van der Waals surface area contributed by atoms with E-state index in [0.29, 0.717) is 79.6 Å². The fraction of sp³-hybridized carbons (Fsp3) is 0.455. The molecule has 1 aromatic carbocycles. The molecule has 33 heavy (non-hydrogen) atoms. The molecule has 11 heteroatoms. The molecule has 1 aliphatic heterocycles. The Morgan fingerprint density at radius 1 is 1.09 bits per heavy atom. The van der Waals surface area contributed by atoms with E-state index in [1.165, 1.54) is 6.33 Å². The summed E-state index contributed by atoms with van der Waals surface area (Å²) in [6, 6.07) is 9.83. The molecule has 0 saturated carbocycles. The predicted molar refractivity (Wildman–Crippen MR) is 127 cm³/mol. The number of aliphatic hydroxyl groups excluding tert-OH is 1. The number of nitrogens with zero attached hydrogens (tertiary/aromatic N) is 6. The number of hydrogen-bond acceptors (Lipinski definition) is 10. The van der Waals surface area contributed by atoms with Crippen molar-refractivity contribution in [1.82, 2.24) is 19.9 Å². The predicted octanol–water partition coefficient (Wildman–Crippen LogP) is 1.01. The molecule has 3 aromatic rings. The maximum atomic E-state index is 11.9. The van der Waals surface area contributed by atoms with Gasteiger partial charge in [-0.1, -0.05) is 41.5 Å². The summed E-state index contributed by atoms with van der Waals surface area (Å²) in [6.45, 7) is 2.84. The first-order chi connectivity index (χ1) is 16.2. The highest BCUT2D eigenvalue weighted by molar-refractivity contribution is 7.91.